The summed E-state index contributed by atoms with van der Waals surface area (Å²) in [5, 5.41) is 19.4. The van der Waals surface area contributed by atoms with E-state index >= 15 is 0 Å². The van der Waals surface area contributed by atoms with Crippen molar-refractivity contribution in [1.29, 1.82) is 5.41 Å². The van der Waals surface area contributed by atoms with Gasteiger partial charge in [0.15, 0.2) is 18.9 Å². The lowest BCUT2D eigenvalue weighted by molar-refractivity contribution is -0.696. The van der Waals surface area contributed by atoms with Crippen LogP contribution in [0.4, 0.5) is 0 Å². The Bertz CT molecular complexity index is 767. The maximum absolute atomic E-state index is 11.1. The Morgan fingerprint density at radius 1 is 1.19 bits per heavy atom. The number of halogens is 1. The Hall–Kier alpha value is -2.14. The zero-order valence-corrected chi connectivity index (χ0v) is 13.1. The minimum absolute atomic E-state index is 0. The van der Waals surface area contributed by atoms with Crippen LogP contribution in [0, 0.1) is 5.41 Å². The standard InChI is InChI=1S/C16H15N3O.BrH/c17-16(20)13-4-3-8-19(11-13)9-7-12-10-18-15-6-2-1-5-14(12)15;/h1-6,8,10-11,18H,7,9H2,(H-,17,20);1H. The number of para-hydroxylation sites is 1. The summed E-state index contributed by atoms with van der Waals surface area (Å²) in [7, 11) is 0. The van der Waals surface area contributed by atoms with Gasteiger partial charge < -0.3 is 15.5 Å². The highest BCUT2D eigenvalue weighted by Crippen LogP contribution is 2.17. The molecule has 4 nitrogen and oxygen atoms in total. The number of nitrogens with zero attached hydrogens (tertiary/aromatic N) is 1. The van der Waals surface area contributed by atoms with Crippen molar-refractivity contribution < 1.29 is 9.67 Å². The molecule has 0 radical (unpaired) electrons. The molecule has 0 fully saturated rings. The molecule has 0 bridgehead atoms. The van der Waals surface area contributed by atoms with Crippen LogP contribution in [0.1, 0.15) is 11.1 Å². The van der Waals surface area contributed by atoms with Gasteiger partial charge in [-0.15, -0.1) is 17.0 Å². The number of rotatable bonds is 4. The first-order chi connectivity index (χ1) is 9.74. The number of pyridine rings is 1. The Balaban J connectivity index is 0.00000161. The third-order valence-corrected chi connectivity index (χ3v) is 3.43. The van der Waals surface area contributed by atoms with E-state index in [4.69, 9.17) is 5.41 Å². The summed E-state index contributed by atoms with van der Waals surface area (Å²) in [5.41, 5.74) is 2.82. The molecule has 0 unspecified atom stereocenters. The van der Waals surface area contributed by atoms with E-state index in [2.05, 4.69) is 17.1 Å². The molecule has 21 heavy (non-hydrogen) atoms. The average molecular weight is 346 g/mol. The molecule has 3 rings (SSSR count). The monoisotopic (exact) mass is 345 g/mol. The first kappa shape index (κ1) is 15.3. The van der Waals surface area contributed by atoms with Crippen molar-refractivity contribution in [2.24, 2.45) is 0 Å². The molecular formula is C16H16BrN3O. The maximum Gasteiger partial charge on any atom is 0.176 e. The number of H-pyrrole nitrogens is 1. The minimum Gasteiger partial charge on any atom is -0.859 e. The Morgan fingerprint density at radius 3 is 2.81 bits per heavy atom. The molecule has 0 amide bonds. The van der Waals surface area contributed by atoms with Gasteiger partial charge in [0.1, 0.15) is 0 Å². The Kier molecular flexibility index (Phi) is 4.75. The van der Waals surface area contributed by atoms with Crippen molar-refractivity contribution >= 4 is 33.8 Å². The van der Waals surface area contributed by atoms with E-state index in [0.717, 1.165) is 18.5 Å². The van der Waals surface area contributed by atoms with Crippen LogP contribution in [0.5, 0.6) is 0 Å². The summed E-state index contributed by atoms with van der Waals surface area (Å²) in [4.78, 5) is 3.26. The van der Waals surface area contributed by atoms with Crippen molar-refractivity contribution in [3.63, 3.8) is 0 Å². The van der Waals surface area contributed by atoms with Gasteiger partial charge in [-0.1, -0.05) is 18.2 Å². The van der Waals surface area contributed by atoms with Crippen molar-refractivity contribution in [3.05, 3.63) is 66.1 Å². The van der Waals surface area contributed by atoms with Crippen LogP contribution in [0.15, 0.2) is 55.0 Å². The molecule has 0 saturated heterocycles. The largest absolute Gasteiger partial charge is 0.859 e. The third-order valence-electron chi connectivity index (χ3n) is 3.43. The Labute approximate surface area is 133 Å². The van der Waals surface area contributed by atoms with Crippen LogP contribution in [-0.2, 0) is 13.0 Å². The number of aromatic nitrogens is 2. The molecule has 0 aliphatic rings. The van der Waals surface area contributed by atoms with Crippen LogP contribution in [0.3, 0.4) is 0 Å². The topological polar surface area (TPSA) is 66.6 Å². The molecular weight excluding hydrogens is 330 g/mol. The molecule has 2 aromatic heterocycles. The van der Waals surface area contributed by atoms with E-state index in [9.17, 15) is 5.11 Å². The lowest BCUT2D eigenvalue weighted by Gasteiger charge is -2.05. The highest BCUT2D eigenvalue weighted by molar-refractivity contribution is 8.93. The van der Waals surface area contributed by atoms with Crippen LogP contribution in [0.2, 0.25) is 0 Å². The van der Waals surface area contributed by atoms with Gasteiger partial charge in [0.05, 0.1) is 0 Å². The summed E-state index contributed by atoms with van der Waals surface area (Å²) in [5.74, 6) is -0.647. The molecule has 1 aromatic carbocycles. The first-order valence-electron chi connectivity index (χ1n) is 6.54. The lowest BCUT2D eigenvalue weighted by atomic mass is 10.1. The van der Waals surface area contributed by atoms with Crippen molar-refractivity contribution in [2.45, 2.75) is 13.0 Å². The molecule has 3 aromatic rings. The van der Waals surface area contributed by atoms with E-state index in [-0.39, 0.29) is 17.0 Å². The highest BCUT2D eigenvalue weighted by atomic mass is 79.9. The maximum atomic E-state index is 11.1. The summed E-state index contributed by atoms with van der Waals surface area (Å²) in [6, 6.07) is 11.7. The van der Waals surface area contributed by atoms with Crippen molar-refractivity contribution in [2.75, 3.05) is 0 Å². The average Bonchev–Trinajstić information content (AvgIpc) is 2.89. The highest BCUT2D eigenvalue weighted by Gasteiger charge is 2.07. The van der Waals surface area contributed by atoms with Gasteiger partial charge in [0.2, 0.25) is 0 Å². The van der Waals surface area contributed by atoms with Crippen LogP contribution in [-0.4, -0.2) is 10.9 Å². The number of hydrogen-bond donors (Lipinski definition) is 2. The normalized spacial score (nSPS) is 10.3. The molecule has 0 aliphatic heterocycles. The Morgan fingerprint density at radius 2 is 2.00 bits per heavy atom. The number of hydrogen-bond acceptors (Lipinski definition) is 2. The van der Waals surface area contributed by atoms with Gasteiger partial charge in [-0.3, -0.25) is 0 Å². The van der Waals surface area contributed by atoms with Gasteiger partial charge in [-0.2, -0.15) is 0 Å². The number of aryl methyl sites for hydroxylation is 2. The summed E-state index contributed by atoms with van der Waals surface area (Å²) >= 11 is 0. The fourth-order valence-corrected chi connectivity index (χ4v) is 2.38. The SMILES string of the molecule is Br.N=C([O-])c1ccc[n+](CCc2c[nH]c3ccccc23)c1. The second-order valence-corrected chi connectivity index (χ2v) is 4.77. The second kappa shape index (κ2) is 6.54. The van der Waals surface area contributed by atoms with Gasteiger partial charge in [0.25, 0.3) is 0 Å². The zero-order valence-electron chi connectivity index (χ0n) is 11.4. The summed E-state index contributed by atoms with van der Waals surface area (Å²) in [6.07, 6.45) is 6.56. The van der Waals surface area contributed by atoms with Crippen molar-refractivity contribution in [1.82, 2.24) is 4.98 Å². The predicted molar refractivity (Wildman–Crippen MR) is 85.8 cm³/mol. The van der Waals surface area contributed by atoms with Crippen LogP contribution < -0.4 is 9.67 Å². The van der Waals surface area contributed by atoms with Gasteiger partial charge in [-0.05, 0) is 23.6 Å². The second-order valence-electron chi connectivity index (χ2n) is 4.77. The molecule has 0 atom stereocenters. The minimum atomic E-state index is -0.647. The molecule has 0 aliphatic carbocycles. The van der Waals surface area contributed by atoms with Gasteiger partial charge in [0, 0.05) is 35.2 Å². The third kappa shape index (κ3) is 3.31. The molecule has 2 N–H and O–H groups in total. The number of nitrogens with one attached hydrogen (secondary N) is 2. The van der Waals surface area contributed by atoms with Crippen LogP contribution in [0.25, 0.3) is 10.9 Å². The first-order valence-corrected chi connectivity index (χ1v) is 6.54. The number of fused-ring (bicyclic) bond motifs is 1. The van der Waals surface area contributed by atoms with E-state index in [1.54, 1.807) is 18.3 Å². The van der Waals surface area contributed by atoms with Gasteiger partial charge >= 0.3 is 0 Å². The molecule has 5 heteroatoms. The number of benzene rings is 1. The van der Waals surface area contributed by atoms with E-state index in [0.29, 0.717) is 5.56 Å². The van der Waals surface area contributed by atoms with Crippen molar-refractivity contribution in [3.8, 4) is 0 Å². The molecule has 108 valence electrons. The van der Waals surface area contributed by atoms with E-state index in [1.807, 2.05) is 29.1 Å². The lowest BCUT2D eigenvalue weighted by Crippen LogP contribution is -2.35. The number of aromatic amines is 1. The zero-order chi connectivity index (χ0) is 13.9. The molecule has 0 spiro atoms. The quantitative estimate of drug-likeness (QED) is 0.423. The molecule has 0 saturated carbocycles. The van der Waals surface area contributed by atoms with Crippen LogP contribution >= 0.6 is 17.0 Å². The fraction of sp³-hybridized carbons (Fsp3) is 0.125. The predicted octanol–water partition coefficient (Wildman–Crippen LogP) is 1.96. The van der Waals surface area contributed by atoms with Gasteiger partial charge in [-0.25, -0.2) is 4.57 Å². The smallest absolute Gasteiger partial charge is 0.176 e. The van der Waals surface area contributed by atoms with E-state index < -0.39 is 5.90 Å². The van der Waals surface area contributed by atoms with E-state index in [1.165, 1.54) is 10.9 Å². The summed E-state index contributed by atoms with van der Waals surface area (Å²) < 4.78 is 1.95. The fourth-order valence-electron chi connectivity index (χ4n) is 2.38. The molecule has 2 heterocycles. The summed E-state index contributed by atoms with van der Waals surface area (Å²) in [6.45, 7) is 0.781.